The Labute approximate surface area is 146 Å². The van der Waals surface area contributed by atoms with E-state index >= 15 is 0 Å². The van der Waals surface area contributed by atoms with Gasteiger partial charge in [-0.3, -0.25) is 15.1 Å². The number of rotatable bonds is 6. The van der Waals surface area contributed by atoms with Crippen molar-refractivity contribution in [3.63, 3.8) is 0 Å². The van der Waals surface area contributed by atoms with Gasteiger partial charge < -0.3 is 9.84 Å². The second-order valence-electron chi connectivity index (χ2n) is 4.53. The molecule has 0 radical (unpaired) electrons. The molecule has 0 aliphatic rings. The summed E-state index contributed by atoms with van der Waals surface area (Å²) in [4.78, 5) is 24.8. The summed E-state index contributed by atoms with van der Waals surface area (Å²) in [7, 11) is 0. The van der Waals surface area contributed by atoms with Gasteiger partial charge in [0.2, 0.25) is 0 Å². The molecular formula is C15H10Cl2N2O5. The highest BCUT2D eigenvalue weighted by Crippen LogP contribution is 2.34. The molecule has 24 heavy (non-hydrogen) atoms. The first kappa shape index (κ1) is 17.7. The van der Waals surface area contributed by atoms with Gasteiger partial charge in [0.15, 0.2) is 12.4 Å². The van der Waals surface area contributed by atoms with Gasteiger partial charge in [0.25, 0.3) is 5.69 Å². The lowest BCUT2D eigenvalue weighted by molar-refractivity contribution is -0.384. The highest BCUT2D eigenvalue weighted by atomic mass is 35.5. The summed E-state index contributed by atoms with van der Waals surface area (Å²) in [5.74, 6) is -1.07. The molecule has 0 aliphatic carbocycles. The van der Waals surface area contributed by atoms with Crippen LogP contribution in [0.3, 0.4) is 0 Å². The van der Waals surface area contributed by atoms with Crippen LogP contribution in [0.4, 0.5) is 11.4 Å². The van der Waals surface area contributed by atoms with Crippen molar-refractivity contribution in [2.75, 3.05) is 6.61 Å². The first-order valence-corrected chi connectivity index (χ1v) is 7.24. The average Bonchev–Trinajstić information content (AvgIpc) is 2.52. The fraction of sp³-hybridized carbons (Fsp3) is 0.0667. The monoisotopic (exact) mass is 368 g/mol. The third kappa shape index (κ3) is 4.68. The molecule has 0 fully saturated rings. The van der Waals surface area contributed by atoms with Crippen LogP contribution in [0.2, 0.25) is 10.0 Å². The molecule has 0 spiro atoms. The Morgan fingerprint density at radius 3 is 2.33 bits per heavy atom. The van der Waals surface area contributed by atoms with Crippen molar-refractivity contribution in [3.8, 4) is 5.75 Å². The lowest BCUT2D eigenvalue weighted by Gasteiger charge is -2.08. The molecule has 0 saturated heterocycles. The molecule has 2 rings (SSSR count). The third-order valence-electron chi connectivity index (χ3n) is 2.78. The standard InChI is InChI=1S/C15H10Cl2N2O5/c16-12-5-9(6-13(17)15(12)24-8-14(20)21)7-18-10-1-3-11(4-2-10)19(22)23/h1-7H,8H2,(H,20,21). The topological polar surface area (TPSA) is 102 Å². The van der Waals surface area contributed by atoms with Crippen molar-refractivity contribution in [2.45, 2.75) is 0 Å². The summed E-state index contributed by atoms with van der Waals surface area (Å²) < 4.78 is 5.01. The first-order chi connectivity index (χ1) is 11.4. The number of carboxylic acids is 1. The second-order valence-corrected chi connectivity index (χ2v) is 5.34. The Hall–Kier alpha value is -2.64. The molecule has 0 unspecified atom stereocenters. The van der Waals surface area contributed by atoms with Crippen LogP contribution in [0, 0.1) is 10.1 Å². The molecule has 0 atom stereocenters. The summed E-state index contributed by atoms with van der Waals surface area (Å²) in [6.07, 6.45) is 1.47. The number of ether oxygens (including phenoxy) is 1. The zero-order valence-electron chi connectivity index (χ0n) is 12.0. The van der Waals surface area contributed by atoms with Crippen LogP contribution in [0.25, 0.3) is 0 Å². The Balaban J connectivity index is 2.17. The molecule has 0 aliphatic heterocycles. The van der Waals surface area contributed by atoms with E-state index in [1.807, 2.05) is 0 Å². The zero-order chi connectivity index (χ0) is 17.7. The molecule has 9 heteroatoms. The maximum atomic E-state index is 10.6. The summed E-state index contributed by atoms with van der Waals surface area (Å²) in [5.41, 5.74) is 1.05. The lowest BCUT2D eigenvalue weighted by atomic mass is 10.2. The van der Waals surface area contributed by atoms with Crippen LogP contribution >= 0.6 is 23.2 Å². The van der Waals surface area contributed by atoms with Gasteiger partial charge in [0, 0.05) is 18.3 Å². The van der Waals surface area contributed by atoms with E-state index < -0.39 is 17.5 Å². The first-order valence-electron chi connectivity index (χ1n) is 6.49. The van der Waals surface area contributed by atoms with Crippen LogP contribution in [0.5, 0.6) is 5.75 Å². The van der Waals surface area contributed by atoms with Gasteiger partial charge in [-0.15, -0.1) is 0 Å². The number of carboxylic acid groups (broad SMARTS) is 1. The van der Waals surface area contributed by atoms with E-state index in [1.54, 1.807) is 0 Å². The number of nitrogens with zero attached hydrogens (tertiary/aromatic N) is 2. The van der Waals surface area contributed by atoms with Gasteiger partial charge in [-0.25, -0.2) is 4.79 Å². The highest BCUT2D eigenvalue weighted by Gasteiger charge is 2.11. The van der Waals surface area contributed by atoms with Crippen molar-refractivity contribution < 1.29 is 19.6 Å². The Morgan fingerprint density at radius 1 is 1.25 bits per heavy atom. The van der Waals surface area contributed by atoms with E-state index in [2.05, 4.69) is 4.99 Å². The van der Waals surface area contributed by atoms with Crippen LogP contribution in [0.1, 0.15) is 5.56 Å². The fourth-order valence-corrected chi connectivity index (χ4v) is 2.35. The second kappa shape index (κ2) is 7.76. The summed E-state index contributed by atoms with van der Waals surface area (Å²) >= 11 is 12.0. The average molecular weight is 369 g/mol. The van der Waals surface area contributed by atoms with Crippen LogP contribution in [-0.4, -0.2) is 28.8 Å². The Morgan fingerprint density at radius 2 is 1.83 bits per heavy atom. The number of nitro groups is 1. The summed E-state index contributed by atoms with van der Waals surface area (Å²) in [6.45, 7) is -0.560. The largest absolute Gasteiger partial charge is 0.479 e. The molecule has 0 saturated carbocycles. The molecule has 0 aromatic heterocycles. The minimum atomic E-state index is -1.15. The van der Waals surface area contributed by atoms with Crippen molar-refractivity contribution in [1.82, 2.24) is 0 Å². The number of benzene rings is 2. The predicted molar refractivity (Wildman–Crippen MR) is 89.9 cm³/mol. The molecule has 1 N–H and O–H groups in total. The normalized spacial score (nSPS) is 10.8. The lowest BCUT2D eigenvalue weighted by Crippen LogP contribution is -2.10. The van der Waals surface area contributed by atoms with Crippen LogP contribution in [0.15, 0.2) is 41.4 Å². The van der Waals surface area contributed by atoms with E-state index in [0.29, 0.717) is 11.3 Å². The van der Waals surface area contributed by atoms with Crippen molar-refractivity contribution in [2.24, 2.45) is 4.99 Å². The number of hydrogen-bond donors (Lipinski definition) is 1. The number of hydrogen-bond acceptors (Lipinski definition) is 5. The predicted octanol–water partition coefficient (Wildman–Crippen LogP) is 4.12. The van der Waals surface area contributed by atoms with Crippen molar-refractivity contribution in [1.29, 1.82) is 0 Å². The minimum Gasteiger partial charge on any atom is -0.479 e. The number of nitro benzene ring substituents is 1. The van der Waals surface area contributed by atoms with Crippen LogP contribution in [-0.2, 0) is 4.79 Å². The van der Waals surface area contributed by atoms with Gasteiger partial charge in [-0.05, 0) is 29.8 Å². The number of aliphatic carboxylic acids is 1. The molecule has 2 aromatic carbocycles. The maximum absolute atomic E-state index is 10.6. The van der Waals surface area contributed by atoms with Crippen LogP contribution < -0.4 is 4.74 Å². The van der Waals surface area contributed by atoms with E-state index in [9.17, 15) is 14.9 Å². The van der Waals surface area contributed by atoms with E-state index in [4.69, 9.17) is 33.0 Å². The minimum absolute atomic E-state index is 0.0278. The molecule has 0 amide bonds. The molecule has 0 bridgehead atoms. The van der Waals surface area contributed by atoms with Gasteiger partial charge in [0.05, 0.1) is 20.7 Å². The van der Waals surface area contributed by atoms with E-state index in [1.165, 1.54) is 42.6 Å². The quantitative estimate of drug-likeness (QED) is 0.469. The molecule has 7 nitrogen and oxygen atoms in total. The number of carbonyl (C=O) groups is 1. The SMILES string of the molecule is O=C(O)COc1c(Cl)cc(C=Nc2ccc([N+](=O)[O-])cc2)cc1Cl. The Bertz CT molecular complexity index is 783. The number of aliphatic imine (C=N–C) groups is 1. The molecule has 124 valence electrons. The van der Waals surface area contributed by atoms with Crippen molar-refractivity contribution >= 4 is 46.8 Å². The van der Waals surface area contributed by atoms with Gasteiger partial charge >= 0.3 is 5.97 Å². The van der Waals surface area contributed by atoms with Gasteiger partial charge in [-0.2, -0.15) is 0 Å². The fourth-order valence-electron chi connectivity index (χ4n) is 1.74. The molecule has 0 heterocycles. The smallest absolute Gasteiger partial charge is 0.341 e. The van der Waals surface area contributed by atoms with Gasteiger partial charge in [0.1, 0.15) is 0 Å². The summed E-state index contributed by atoms with van der Waals surface area (Å²) in [5, 5.41) is 19.5. The maximum Gasteiger partial charge on any atom is 0.341 e. The van der Waals surface area contributed by atoms with Crippen molar-refractivity contribution in [3.05, 3.63) is 62.1 Å². The number of non-ortho nitro benzene ring substituents is 1. The van der Waals surface area contributed by atoms with E-state index in [-0.39, 0.29) is 21.5 Å². The zero-order valence-corrected chi connectivity index (χ0v) is 13.5. The third-order valence-corrected chi connectivity index (χ3v) is 3.35. The molecular weight excluding hydrogens is 359 g/mol. The summed E-state index contributed by atoms with van der Waals surface area (Å²) in [6, 6.07) is 8.72. The molecule has 2 aromatic rings. The highest BCUT2D eigenvalue weighted by molar-refractivity contribution is 6.37. The Kier molecular flexibility index (Phi) is 5.73. The van der Waals surface area contributed by atoms with Gasteiger partial charge in [-0.1, -0.05) is 23.2 Å². The number of halogens is 2. The van der Waals surface area contributed by atoms with E-state index in [0.717, 1.165) is 0 Å².